The van der Waals surface area contributed by atoms with Crippen LogP contribution in [0.15, 0.2) is 59.2 Å². The SMILES string of the molecule is NNC(c1ccc2cccnc2c1)c1cc(Br)ccc1Cl. The minimum atomic E-state index is -0.193. The van der Waals surface area contributed by atoms with E-state index in [-0.39, 0.29) is 6.04 Å². The zero-order valence-corrected chi connectivity index (χ0v) is 13.4. The highest BCUT2D eigenvalue weighted by Crippen LogP contribution is 2.31. The lowest BCUT2D eigenvalue weighted by Gasteiger charge is -2.19. The molecule has 0 radical (unpaired) electrons. The van der Waals surface area contributed by atoms with Crippen LogP contribution in [0.5, 0.6) is 0 Å². The molecule has 0 fully saturated rings. The van der Waals surface area contributed by atoms with E-state index in [1.807, 2.05) is 48.5 Å². The summed E-state index contributed by atoms with van der Waals surface area (Å²) < 4.78 is 0.959. The number of nitrogens with zero attached hydrogens (tertiary/aromatic N) is 1. The number of halogens is 2. The van der Waals surface area contributed by atoms with E-state index in [9.17, 15) is 0 Å². The van der Waals surface area contributed by atoms with Gasteiger partial charge in [0.15, 0.2) is 0 Å². The van der Waals surface area contributed by atoms with Gasteiger partial charge in [-0.25, -0.2) is 5.43 Å². The molecule has 0 spiro atoms. The van der Waals surface area contributed by atoms with Gasteiger partial charge in [0.2, 0.25) is 0 Å². The molecule has 0 bridgehead atoms. The largest absolute Gasteiger partial charge is 0.271 e. The lowest BCUT2D eigenvalue weighted by molar-refractivity contribution is 0.637. The Hall–Kier alpha value is -1.46. The van der Waals surface area contributed by atoms with Crippen LogP contribution in [0.2, 0.25) is 5.02 Å². The third kappa shape index (κ3) is 2.94. The number of fused-ring (bicyclic) bond motifs is 1. The Bertz CT molecular complexity index is 791. The van der Waals surface area contributed by atoms with Crippen LogP contribution in [0, 0.1) is 0 Å². The molecular weight excluding hydrogens is 350 g/mol. The molecule has 3 nitrogen and oxygen atoms in total. The first-order chi connectivity index (χ1) is 10.2. The maximum absolute atomic E-state index is 6.31. The number of hydrogen-bond acceptors (Lipinski definition) is 3. The highest BCUT2D eigenvalue weighted by atomic mass is 79.9. The fourth-order valence-corrected chi connectivity index (χ4v) is 2.97. The summed E-state index contributed by atoms with van der Waals surface area (Å²) in [7, 11) is 0. The normalized spacial score (nSPS) is 12.5. The number of benzene rings is 2. The van der Waals surface area contributed by atoms with Gasteiger partial charge in [-0.05, 0) is 41.5 Å². The van der Waals surface area contributed by atoms with Gasteiger partial charge in [0, 0.05) is 21.1 Å². The van der Waals surface area contributed by atoms with E-state index in [1.54, 1.807) is 6.20 Å². The lowest BCUT2D eigenvalue weighted by Crippen LogP contribution is -2.29. The average molecular weight is 363 g/mol. The smallest absolute Gasteiger partial charge is 0.0725 e. The number of aromatic nitrogens is 1. The average Bonchev–Trinajstić information content (AvgIpc) is 2.51. The number of nitrogens with one attached hydrogen (secondary N) is 1. The lowest BCUT2D eigenvalue weighted by atomic mass is 9.98. The van der Waals surface area contributed by atoms with Crippen molar-refractivity contribution >= 4 is 38.4 Å². The molecule has 1 heterocycles. The Labute approximate surface area is 136 Å². The van der Waals surface area contributed by atoms with Crippen LogP contribution < -0.4 is 11.3 Å². The van der Waals surface area contributed by atoms with Crippen LogP contribution in [0.25, 0.3) is 10.9 Å². The van der Waals surface area contributed by atoms with Gasteiger partial charge in [0.25, 0.3) is 0 Å². The molecule has 1 unspecified atom stereocenters. The topological polar surface area (TPSA) is 50.9 Å². The number of hydrogen-bond donors (Lipinski definition) is 2. The molecule has 21 heavy (non-hydrogen) atoms. The Morgan fingerprint density at radius 2 is 2.00 bits per heavy atom. The van der Waals surface area contributed by atoms with Crippen molar-refractivity contribution in [1.29, 1.82) is 0 Å². The molecule has 0 aliphatic rings. The number of hydrazine groups is 1. The fourth-order valence-electron chi connectivity index (χ4n) is 2.36. The molecule has 1 aromatic heterocycles. The van der Waals surface area contributed by atoms with Crippen LogP contribution in [0.1, 0.15) is 17.2 Å². The Balaban J connectivity index is 2.11. The van der Waals surface area contributed by atoms with Crippen molar-refractivity contribution in [2.45, 2.75) is 6.04 Å². The number of pyridine rings is 1. The van der Waals surface area contributed by atoms with Gasteiger partial charge in [0.1, 0.15) is 0 Å². The Morgan fingerprint density at radius 3 is 2.81 bits per heavy atom. The maximum atomic E-state index is 6.31. The predicted molar refractivity (Wildman–Crippen MR) is 90.1 cm³/mol. The van der Waals surface area contributed by atoms with Crippen molar-refractivity contribution in [2.75, 3.05) is 0 Å². The zero-order chi connectivity index (χ0) is 14.8. The van der Waals surface area contributed by atoms with E-state index in [0.29, 0.717) is 5.02 Å². The highest BCUT2D eigenvalue weighted by Gasteiger charge is 2.16. The van der Waals surface area contributed by atoms with E-state index in [1.165, 1.54) is 0 Å². The molecule has 0 saturated heterocycles. The molecule has 3 aromatic rings. The molecule has 0 aliphatic heterocycles. The van der Waals surface area contributed by atoms with Crippen molar-refractivity contribution in [2.24, 2.45) is 5.84 Å². The van der Waals surface area contributed by atoms with E-state index in [0.717, 1.165) is 26.5 Å². The summed E-state index contributed by atoms with van der Waals surface area (Å²) in [5.41, 5.74) is 5.70. The summed E-state index contributed by atoms with van der Waals surface area (Å²) in [5.74, 6) is 5.76. The van der Waals surface area contributed by atoms with Gasteiger partial charge < -0.3 is 0 Å². The molecule has 5 heteroatoms. The van der Waals surface area contributed by atoms with Gasteiger partial charge in [-0.2, -0.15) is 0 Å². The van der Waals surface area contributed by atoms with Gasteiger partial charge in [-0.3, -0.25) is 10.8 Å². The summed E-state index contributed by atoms with van der Waals surface area (Å²) in [6, 6.07) is 15.6. The van der Waals surface area contributed by atoms with Crippen LogP contribution in [-0.4, -0.2) is 4.98 Å². The molecule has 1 atom stereocenters. The minimum absolute atomic E-state index is 0.193. The Kier molecular flexibility index (Phi) is 4.22. The second-order valence-corrected chi connectivity index (χ2v) is 6.04. The van der Waals surface area contributed by atoms with Gasteiger partial charge >= 0.3 is 0 Å². The Morgan fingerprint density at radius 1 is 1.14 bits per heavy atom. The third-order valence-electron chi connectivity index (χ3n) is 3.40. The number of nitrogens with two attached hydrogens (primary N) is 1. The summed E-state index contributed by atoms with van der Waals surface area (Å²) in [6.45, 7) is 0. The molecule has 2 aromatic carbocycles. The van der Waals surface area contributed by atoms with Gasteiger partial charge in [-0.1, -0.05) is 45.7 Å². The first kappa shape index (κ1) is 14.5. The summed E-state index contributed by atoms with van der Waals surface area (Å²) >= 11 is 9.77. The second kappa shape index (κ2) is 6.12. The van der Waals surface area contributed by atoms with E-state index in [4.69, 9.17) is 17.4 Å². The zero-order valence-electron chi connectivity index (χ0n) is 11.1. The molecule has 3 N–H and O–H groups in total. The van der Waals surface area contributed by atoms with Crippen molar-refractivity contribution in [3.05, 3.63) is 75.4 Å². The van der Waals surface area contributed by atoms with Crippen molar-refractivity contribution in [3.8, 4) is 0 Å². The first-order valence-electron chi connectivity index (χ1n) is 6.45. The van der Waals surface area contributed by atoms with Crippen LogP contribution in [0.3, 0.4) is 0 Å². The summed E-state index contributed by atoms with van der Waals surface area (Å²) in [6.07, 6.45) is 1.78. The van der Waals surface area contributed by atoms with Gasteiger partial charge in [0.05, 0.1) is 11.6 Å². The van der Waals surface area contributed by atoms with Crippen molar-refractivity contribution in [3.63, 3.8) is 0 Å². The minimum Gasteiger partial charge on any atom is -0.271 e. The molecule has 0 aliphatic carbocycles. The predicted octanol–water partition coefficient (Wildman–Crippen LogP) is 4.20. The molecule has 0 amide bonds. The maximum Gasteiger partial charge on any atom is 0.0725 e. The number of rotatable bonds is 3. The van der Waals surface area contributed by atoms with Crippen molar-refractivity contribution in [1.82, 2.24) is 10.4 Å². The third-order valence-corrected chi connectivity index (χ3v) is 4.24. The summed E-state index contributed by atoms with van der Waals surface area (Å²) in [4.78, 5) is 4.38. The van der Waals surface area contributed by atoms with E-state index in [2.05, 4.69) is 26.3 Å². The van der Waals surface area contributed by atoms with Crippen LogP contribution in [-0.2, 0) is 0 Å². The molecule has 106 valence electrons. The highest BCUT2D eigenvalue weighted by molar-refractivity contribution is 9.10. The quantitative estimate of drug-likeness (QED) is 0.542. The van der Waals surface area contributed by atoms with Crippen LogP contribution >= 0.6 is 27.5 Å². The summed E-state index contributed by atoms with van der Waals surface area (Å²) in [5, 5.41) is 1.76. The molecule has 3 rings (SSSR count). The fraction of sp³-hybridized carbons (Fsp3) is 0.0625. The van der Waals surface area contributed by atoms with Crippen LogP contribution in [0.4, 0.5) is 0 Å². The standard InChI is InChI=1S/C16H13BrClN3/c17-12-5-6-14(18)13(9-12)16(21-19)11-4-3-10-2-1-7-20-15(10)8-11/h1-9,16,21H,19H2. The molecule has 0 saturated carbocycles. The molecular formula is C16H13BrClN3. The second-order valence-electron chi connectivity index (χ2n) is 4.72. The van der Waals surface area contributed by atoms with E-state index < -0.39 is 0 Å². The van der Waals surface area contributed by atoms with Crippen molar-refractivity contribution < 1.29 is 0 Å². The van der Waals surface area contributed by atoms with E-state index >= 15 is 0 Å². The monoisotopic (exact) mass is 361 g/mol. The first-order valence-corrected chi connectivity index (χ1v) is 7.62. The van der Waals surface area contributed by atoms with Gasteiger partial charge in [-0.15, -0.1) is 0 Å².